The fourth-order valence-electron chi connectivity index (χ4n) is 2.39. The normalized spacial score (nSPS) is 27.1. The van der Waals surface area contributed by atoms with E-state index in [0.717, 1.165) is 19.0 Å². The van der Waals surface area contributed by atoms with Crippen LogP contribution in [0, 0.1) is 0 Å². The summed E-state index contributed by atoms with van der Waals surface area (Å²) in [5, 5.41) is 6.35. The lowest BCUT2D eigenvalue weighted by Gasteiger charge is -2.16. The molecule has 2 atom stereocenters. The van der Waals surface area contributed by atoms with E-state index in [0.29, 0.717) is 12.6 Å². The highest BCUT2D eigenvalue weighted by molar-refractivity contribution is 5.78. The van der Waals surface area contributed by atoms with Crippen LogP contribution in [-0.4, -0.2) is 48.6 Å². The lowest BCUT2D eigenvalue weighted by atomic mass is 10.2. The molecule has 2 rings (SSSR count). The molecule has 1 amide bonds. The van der Waals surface area contributed by atoms with E-state index in [1.807, 2.05) is 6.92 Å². The van der Waals surface area contributed by atoms with Gasteiger partial charge in [0.15, 0.2) is 0 Å². The van der Waals surface area contributed by atoms with Gasteiger partial charge in [0, 0.05) is 31.2 Å². The molecule has 4 heteroatoms. The van der Waals surface area contributed by atoms with E-state index in [1.165, 1.54) is 25.8 Å². The van der Waals surface area contributed by atoms with Crippen molar-refractivity contribution in [3.8, 4) is 0 Å². The average molecular weight is 239 g/mol. The lowest BCUT2D eigenvalue weighted by molar-refractivity contribution is -0.120. The smallest absolute Gasteiger partial charge is 0.234 e. The summed E-state index contributed by atoms with van der Waals surface area (Å²) in [5.74, 6) is 0.129. The molecule has 1 saturated carbocycles. The molecule has 2 unspecified atom stereocenters. The maximum atomic E-state index is 11.6. The number of likely N-dealkylation sites (tertiary alicyclic amines) is 1. The number of rotatable bonds is 6. The van der Waals surface area contributed by atoms with Gasteiger partial charge in [0.2, 0.25) is 5.91 Å². The number of hydrogen-bond acceptors (Lipinski definition) is 3. The van der Waals surface area contributed by atoms with Crippen LogP contribution < -0.4 is 10.6 Å². The minimum Gasteiger partial charge on any atom is -0.353 e. The minimum atomic E-state index is 0.129. The molecule has 1 saturated heterocycles. The van der Waals surface area contributed by atoms with Crippen LogP contribution in [0.3, 0.4) is 0 Å². The standard InChI is InChI=1S/C13H25N3O/c1-3-10(2)15-13(17)8-14-11-6-7-16(9-11)12-4-5-12/h10-12,14H,3-9H2,1-2H3,(H,15,17). The van der Waals surface area contributed by atoms with E-state index < -0.39 is 0 Å². The van der Waals surface area contributed by atoms with Crippen molar-refractivity contribution in [1.29, 1.82) is 0 Å². The Balaban J connectivity index is 1.60. The van der Waals surface area contributed by atoms with Crippen LogP contribution in [0.15, 0.2) is 0 Å². The van der Waals surface area contributed by atoms with Crippen LogP contribution in [-0.2, 0) is 4.79 Å². The van der Waals surface area contributed by atoms with Crippen LogP contribution >= 0.6 is 0 Å². The molecular weight excluding hydrogens is 214 g/mol. The summed E-state index contributed by atoms with van der Waals surface area (Å²) in [6.07, 6.45) is 4.93. The highest BCUT2D eigenvalue weighted by Gasteiger charge is 2.34. The van der Waals surface area contributed by atoms with E-state index in [-0.39, 0.29) is 11.9 Å². The van der Waals surface area contributed by atoms with Gasteiger partial charge in [0.25, 0.3) is 0 Å². The van der Waals surface area contributed by atoms with Gasteiger partial charge in [-0.1, -0.05) is 6.92 Å². The zero-order valence-corrected chi connectivity index (χ0v) is 11.0. The molecule has 0 aromatic heterocycles. The highest BCUT2D eigenvalue weighted by atomic mass is 16.1. The molecular formula is C13H25N3O. The Labute approximate surface area is 104 Å². The second kappa shape index (κ2) is 5.83. The lowest BCUT2D eigenvalue weighted by Crippen LogP contribution is -2.43. The first-order chi connectivity index (χ1) is 8.19. The first-order valence-electron chi connectivity index (χ1n) is 6.95. The summed E-state index contributed by atoms with van der Waals surface area (Å²) in [6.45, 7) is 6.93. The molecule has 2 N–H and O–H groups in total. The number of carbonyl (C=O) groups is 1. The van der Waals surface area contributed by atoms with E-state index in [1.54, 1.807) is 0 Å². The summed E-state index contributed by atoms with van der Waals surface area (Å²) >= 11 is 0. The van der Waals surface area contributed by atoms with Crippen molar-refractivity contribution in [2.75, 3.05) is 19.6 Å². The molecule has 0 radical (unpaired) electrons. The Bertz CT molecular complexity index is 265. The largest absolute Gasteiger partial charge is 0.353 e. The summed E-state index contributed by atoms with van der Waals surface area (Å²) in [4.78, 5) is 14.2. The number of hydrogen-bond donors (Lipinski definition) is 2. The van der Waals surface area contributed by atoms with Crippen molar-refractivity contribution in [1.82, 2.24) is 15.5 Å². The topological polar surface area (TPSA) is 44.4 Å². The maximum Gasteiger partial charge on any atom is 0.234 e. The van der Waals surface area contributed by atoms with Gasteiger partial charge in [-0.15, -0.1) is 0 Å². The summed E-state index contributed by atoms with van der Waals surface area (Å²) in [7, 11) is 0. The predicted octanol–water partition coefficient (Wildman–Crippen LogP) is 0.727. The fourth-order valence-corrected chi connectivity index (χ4v) is 2.39. The Morgan fingerprint density at radius 1 is 1.41 bits per heavy atom. The van der Waals surface area contributed by atoms with E-state index in [4.69, 9.17) is 0 Å². The monoisotopic (exact) mass is 239 g/mol. The number of nitrogens with one attached hydrogen (secondary N) is 2. The Hall–Kier alpha value is -0.610. The van der Waals surface area contributed by atoms with E-state index in [9.17, 15) is 4.79 Å². The molecule has 17 heavy (non-hydrogen) atoms. The SMILES string of the molecule is CCC(C)NC(=O)CNC1CCN(C2CC2)C1. The van der Waals surface area contributed by atoms with Crippen molar-refractivity contribution in [3.63, 3.8) is 0 Å². The van der Waals surface area contributed by atoms with Gasteiger partial charge in [0.1, 0.15) is 0 Å². The molecule has 0 bridgehead atoms. The molecule has 0 spiro atoms. The third kappa shape index (κ3) is 3.96. The third-order valence-corrected chi connectivity index (χ3v) is 3.85. The predicted molar refractivity (Wildman–Crippen MR) is 68.9 cm³/mol. The van der Waals surface area contributed by atoms with Crippen molar-refractivity contribution in [2.45, 2.75) is 57.7 Å². The van der Waals surface area contributed by atoms with Crippen molar-refractivity contribution < 1.29 is 4.79 Å². The number of carbonyl (C=O) groups excluding carboxylic acids is 1. The van der Waals surface area contributed by atoms with Crippen LogP contribution in [0.4, 0.5) is 0 Å². The van der Waals surface area contributed by atoms with Gasteiger partial charge in [-0.05, 0) is 32.6 Å². The van der Waals surface area contributed by atoms with Gasteiger partial charge in [-0.2, -0.15) is 0 Å². The summed E-state index contributed by atoms with van der Waals surface area (Å²) in [6, 6.07) is 1.66. The fraction of sp³-hybridized carbons (Fsp3) is 0.923. The molecule has 2 aliphatic rings. The zero-order chi connectivity index (χ0) is 12.3. The minimum absolute atomic E-state index is 0.129. The second-order valence-electron chi connectivity index (χ2n) is 5.47. The van der Waals surface area contributed by atoms with Crippen LogP contribution in [0.1, 0.15) is 39.5 Å². The molecule has 0 aromatic rings. The van der Waals surface area contributed by atoms with Gasteiger partial charge in [0.05, 0.1) is 6.54 Å². The number of nitrogens with zero attached hydrogens (tertiary/aromatic N) is 1. The molecule has 2 fully saturated rings. The van der Waals surface area contributed by atoms with Crippen molar-refractivity contribution in [2.24, 2.45) is 0 Å². The first-order valence-corrected chi connectivity index (χ1v) is 6.95. The quantitative estimate of drug-likeness (QED) is 0.718. The Morgan fingerprint density at radius 3 is 2.82 bits per heavy atom. The van der Waals surface area contributed by atoms with Gasteiger partial charge in [-0.3, -0.25) is 9.69 Å². The number of amides is 1. The van der Waals surface area contributed by atoms with E-state index >= 15 is 0 Å². The summed E-state index contributed by atoms with van der Waals surface area (Å²) in [5.41, 5.74) is 0. The van der Waals surface area contributed by atoms with E-state index in [2.05, 4.69) is 22.5 Å². The first kappa shape index (κ1) is 12.8. The Morgan fingerprint density at radius 2 is 2.18 bits per heavy atom. The van der Waals surface area contributed by atoms with Crippen molar-refractivity contribution >= 4 is 5.91 Å². The Kier molecular flexibility index (Phi) is 4.40. The van der Waals surface area contributed by atoms with Crippen molar-refractivity contribution in [3.05, 3.63) is 0 Å². The highest BCUT2D eigenvalue weighted by Crippen LogP contribution is 2.29. The molecule has 98 valence electrons. The third-order valence-electron chi connectivity index (χ3n) is 3.85. The van der Waals surface area contributed by atoms with Crippen LogP contribution in [0.25, 0.3) is 0 Å². The second-order valence-corrected chi connectivity index (χ2v) is 5.47. The zero-order valence-electron chi connectivity index (χ0n) is 11.0. The average Bonchev–Trinajstić information content (AvgIpc) is 3.06. The molecule has 1 aliphatic heterocycles. The summed E-state index contributed by atoms with van der Waals surface area (Å²) < 4.78 is 0. The van der Waals surface area contributed by atoms with Gasteiger partial charge >= 0.3 is 0 Å². The molecule has 4 nitrogen and oxygen atoms in total. The maximum absolute atomic E-state index is 11.6. The van der Waals surface area contributed by atoms with Gasteiger partial charge in [-0.25, -0.2) is 0 Å². The molecule has 1 aliphatic carbocycles. The molecule has 0 aromatic carbocycles. The van der Waals surface area contributed by atoms with Crippen LogP contribution in [0.2, 0.25) is 0 Å². The van der Waals surface area contributed by atoms with Gasteiger partial charge < -0.3 is 10.6 Å². The molecule has 1 heterocycles. The van der Waals surface area contributed by atoms with Crippen LogP contribution in [0.5, 0.6) is 0 Å².